The molecule has 12 nitrogen and oxygen atoms in total. The van der Waals surface area contributed by atoms with Gasteiger partial charge in [0, 0.05) is 86.2 Å². The van der Waals surface area contributed by atoms with Gasteiger partial charge in [0.1, 0.15) is 0 Å². The molecule has 4 aromatic rings. The van der Waals surface area contributed by atoms with Crippen LogP contribution < -0.4 is 15.1 Å². The van der Waals surface area contributed by atoms with Crippen LogP contribution in [0.15, 0.2) is 61.4 Å². The summed E-state index contributed by atoms with van der Waals surface area (Å²) in [5, 5.41) is 10.8. The van der Waals surface area contributed by atoms with Crippen LogP contribution in [0, 0.1) is 17.8 Å². The van der Waals surface area contributed by atoms with E-state index in [1.165, 1.54) is 11.3 Å². The highest BCUT2D eigenvalue weighted by Gasteiger charge is 2.47. The van der Waals surface area contributed by atoms with E-state index in [1.54, 1.807) is 0 Å². The molecule has 4 fully saturated rings. The maximum absolute atomic E-state index is 14.9. The Hall–Kier alpha value is -5.05. The Morgan fingerprint density at radius 2 is 1.81 bits per heavy atom. The summed E-state index contributed by atoms with van der Waals surface area (Å²) >= 11 is 0. The van der Waals surface area contributed by atoms with Crippen molar-refractivity contribution in [1.29, 1.82) is 0 Å². The molecular weight excluding hydrogens is 803 g/mol. The number of aromatic amines is 1. The van der Waals surface area contributed by atoms with E-state index in [-0.39, 0.29) is 35.2 Å². The number of ether oxygens (including phenoxy) is 1. The highest BCUT2D eigenvalue weighted by atomic mass is 19.3. The third kappa shape index (κ3) is 7.16. The summed E-state index contributed by atoms with van der Waals surface area (Å²) in [7, 11) is 0. The predicted octanol–water partition coefficient (Wildman–Crippen LogP) is 6.04. The molecule has 2 aromatic heterocycles. The number of rotatable bonds is 8. The minimum atomic E-state index is -3.04. The maximum atomic E-state index is 14.9. The van der Waals surface area contributed by atoms with Gasteiger partial charge in [0.25, 0.3) is 5.92 Å². The third-order valence-electron chi connectivity index (χ3n) is 15.9. The van der Waals surface area contributed by atoms with Crippen LogP contribution in [0.25, 0.3) is 10.9 Å². The Morgan fingerprint density at radius 3 is 2.60 bits per heavy atom. The molecule has 8 heterocycles. The first-order valence-electron chi connectivity index (χ1n) is 23.0. The minimum Gasteiger partial charge on any atom is -0.375 e. The van der Waals surface area contributed by atoms with Gasteiger partial charge in [-0.3, -0.25) is 39.6 Å². The van der Waals surface area contributed by atoms with E-state index in [0.29, 0.717) is 37.6 Å². The van der Waals surface area contributed by atoms with E-state index in [4.69, 9.17) is 9.72 Å². The number of alkyl halides is 2. The maximum Gasteiger partial charge on any atom is 0.278 e. The fourth-order valence-corrected chi connectivity index (χ4v) is 12.6. The number of Topliss-reactive ketones (excluding diaryl/α,β-unsaturated/α-hetero) is 1. The minimum absolute atomic E-state index is 0.0565. The second-order valence-corrected chi connectivity index (χ2v) is 19.5. The van der Waals surface area contributed by atoms with Crippen molar-refractivity contribution < 1.29 is 27.9 Å². The summed E-state index contributed by atoms with van der Waals surface area (Å²) in [6.45, 7) is 11.5. The number of nitrogens with one attached hydrogen (secondary N) is 2. The van der Waals surface area contributed by atoms with Crippen LogP contribution in [0.2, 0.25) is 0 Å². The van der Waals surface area contributed by atoms with Crippen molar-refractivity contribution in [2.75, 3.05) is 62.2 Å². The summed E-state index contributed by atoms with van der Waals surface area (Å²) in [6, 6.07) is 12.1. The number of amides is 2. The molecular formula is C49H56F2N8O4. The molecule has 0 saturated carbocycles. The number of carbonyl (C=O) groups is 3. The molecule has 7 aliphatic rings. The van der Waals surface area contributed by atoms with E-state index >= 15 is 0 Å². The number of fused-ring (bicyclic) bond motifs is 8. The highest BCUT2D eigenvalue weighted by Crippen LogP contribution is 2.45. The third-order valence-corrected chi connectivity index (χ3v) is 15.9. The van der Waals surface area contributed by atoms with Crippen molar-refractivity contribution in [2.24, 2.45) is 17.8 Å². The number of pyridine rings is 1. The van der Waals surface area contributed by atoms with Gasteiger partial charge in [-0.25, -0.2) is 8.78 Å². The molecule has 6 atom stereocenters. The molecule has 2 N–H and O–H groups in total. The molecule has 2 aromatic carbocycles. The number of H-pyrrole nitrogens is 1. The number of aromatic nitrogens is 3. The zero-order valence-corrected chi connectivity index (χ0v) is 36.0. The van der Waals surface area contributed by atoms with Crippen molar-refractivity contribution in [3.63, 3.8) is 0 Å². The lowest BCUT2D eigenvalue weighted by Crippen LogP contribution is -2.56. The molecule has 14 heteroatoms. The number of hydrogen-bond acceptors (Lipinski definition) is 10. The van der Waals surface area contributed by atoms with Crippen LogP contribution in [0.1, 0.15) is 89.8 Å². The first kappa shape index (κ1) is 40.7. The van der Waals surface area contributed by atoms with Gasteiger partial charge >= 0.3 is 0 Å². The molecule has 1 spiro atoms. The zero-order chi connectivity index (χ0) is 43.2. The van der Waals surface area contributed by atoms with E-state index in [2.05, 4.69) is 48.9 Å². The lowest BCUT2D eigenvalue weighted by atomic mass is 9.82. The molecule has 1 aliphatic carbocycles. The molecule has 4 saturated heterocycles. The number of piperidine rings is 2. The van der Waals surface area contributed by atoms with E-state index in [0.717, 1.165) is 129 Å². The van der Waals surface area contributed by atoms with Crippen LogP contribution in [-0.2, 0) is 33.6 Å². The number of carbonyl (C=O) groups excluding carboxylic acids is 3. The quantitative estimate of drug-likeness (QED) is 0.160. The van der Waals surface area contributed by atoms with Gasteiger partial charge in [-0.15, -0.1) is 0 Å². The number of benzene rings is 2. The number of ketones is 1. The second-order valence-electron chi connectivity index (χ2n) is 19.5. The largest absolute Gasteiger partial charge is 0.375 e. The smallest absolute Gasteiger partial charge is 0.278 e. The number of anilines is 2. The van der Waals surface area contributed by atoms with Gasteiger partial charge in [0.05, 0.1) is 54.1 Å². The molecule has 63 heavy (non-hydrogen) atoms. The van der Waals surface area contributed by atoms with E-state index in [1.807, 2.05) is 48.5 Å². The Bertz CT molecular complexity index is 2480. The average molecular weight is 859 g/mol. The van der Waals surface area contributed by atoms with Gasteiger partial charge < -0.3 is 14.5 Å². The van der Waals surface area contributed by atoms with E-state index in [9.17, 15) is 23.2 Å². The Kier molecular flexibility index (Phi) is 10.1. The lowest BCUT2D eigenvalue weighted by molar-refractivity contribution is -0.137. The summed E-state index contributed by atoms with van der Waals surface area (Å²) in [5.74, 6) is -3.86. The summed E-state index contributed by atoms with van der Waals surface area (Å²) in [4.78, 5) is 52.5. The highest BCUT2D eigenvalue weighted by molar-refractivity contribution is 6.07. The van der Waals surface area contributed by atoms with Crippen molar-refractivity contribution >= 4 is 39.9 Å². The topological polar surface area (TPSA) is 127 Å². The van der Waals surface area contributed by atoms with E-state index < -0.39 is 24.4 Å². The predicted molar refractivity (Wildman–Crippen MR) is 235 cm³/mol. The Labute approximate surface area is 366 Å². The van der Waals surface area contributed by atoms with Gasteiger partial charge in [0.15, 0.2) is 5.78 Å². The fourth-order valence-electron chi connectivity index (χ4n) is 12.6. The van der Waals surface area contributed by atoms with Crippen LogP contribution >= 0.6 is 0 Å². The number of nitrogens with zero attached hydrogens (tertiary/aromatic N) is 6. The normalized spacial score (nSPS) is 28.5. The van der Waals surface area contributed by atoms with Crippen molar-refractivity contribution in [1.82, 2.24) is 30.3 Å². The Morgan fingerprint density at radius 1 is 0.952 bits per heavy atom. The fraction of sp³-hybridized carbons (Fsp3) is 0.531. The standard InChI is InChI=1S/C49H56F2N8O4/c1-3-49(50,51)28-59-29(2)20-37-34(7-11-41-40(37)24-53-55-41)45(59)42-10-5-31(23-52-42)57-16-14-48(15-17-57)22-30(27-63-48)25-56-18-19-58-32(26-56)4-6-33-38-21-39(36-9-13-44(60)54-47(36)62)46(61)35(38)8-12-43(33)58/h3,5,7-8,10-12,23-24,29-30,32,36,39,45H,1,4,6,9,13-22,25-28H2,2H3,(H,53,55)(H,54,60,62)/t29-,30?,32+,36?,39?,45+/m1/s1. The van der Waals surface area contributed by atoms with Gasteiger partial charge in [0.2, 0.25) is 11.8 Å². The lowest BCUT2D eigenvalue weighted by Gasteiger charge is -2.47. The molecule has 0 bridgehead atoms. The molecule has 2 amide bonds. The number of halogens is 2. The molecule has 3 unspecified atom stereocenters. The first-order chi connectivity index (χ1) is 30.5. The van der Waals surface area contributed by atoms with Crippen LogP contribution in [0.4, 0.5) is 20.2 Å². The zero-order valence-electron chi connectivity index (χ0n) is 36.0. The molecule has 0 radical (unpaired) electrons. The molecule has 11 rings (SSSR count). The first-order valence-corrected chi connectivity index (χ1v) is 23.0. The van der Waals surface area contributed by atoms with Crippen LogP contribution in [-0.4, -0.2) is 119 Å². The van der Waals surface area contributed by atoms with Gasteiger partial charge in [-0.2, -0.15) is 5.10 Å². The molecule has 330 valence electrons. The molecule has 6 aliphatic heterocycles. The number of piperazine rings is 1. The number of imide groups is 1. The van der Waals surface area contributed by atoms with Crippen LogP contribution in [0.5, 0.6) is 0 Å². The van der Waals surface area contributed by atoms with Gasteiger partial charge in [-0.05, 0) is 123 Å². The SMILES string of the molecule is C=CC(F)(F)CN1[C@H](c2ccc(N3CCC4(CC3)CC(CN3CCN5c6ccc7c(c6CC[C@H]5C3)CC(C3CCC(=O)NC3=O)C7=O)CO4)cn2)c2ccc3[nH]ncc3c2C[C@H]1C. The van der Waals surface area contributed by atoms with Crippen molar-refractivity contribution in [3.8, 4) is 0 Å². The Balaban J connectivity index is 0.708. The monoisotopic (exact) mass is 858 g/mol. The second kappa shape index (κ2) is 15.6. The van der Waals surface area contributed by atoms with Gasteiger partial charge in [-0.1, -0.05) is 12.6 Å². The average Bonchev–Trinajstić information content (AvgIpc) is 4.02. The summed E-state index contributed by atoms with van der Waals surface area (Å²) in [6.07, 6.45) is 11.4. The number of hydrogen-bond donors (Lipinski definition) is 2. The van der Waals surface area contributed by atoms with Crippen molar-refractivity contribution in [2.45, 2.75) is 94.4 Å². The summed E-state index contributed by atoms with van der Waals surface area (Å²) < 4.78 is 36.5. The van der Waals surface area contributed by atoms with Crippen molar-refractivity contribution in [3.05, 3.63) is 95.0 Å². The van der Waals surface area contributed by atoms with Crippen LogP contribution in [0.3, 0.4) is 0 Å². The summed E-state index contributed by atoms with van der Waals surface area (Å²) in [5.41, 5.74) is 9.17.